The van der Waals surface area contributed by atoms with Gasteiger partial charge in [0.2, 0.25) is 15.9 Å². The number of alkyl halides is 4. The molecule has 2 aromatic carbocycles. The molecular weight excluding hydrogens is 724 g/mol. The van der Waals surface area contributed by atoms with Crippen LogP contribution in [0.15, 0.2) is 42.5 Å². The zero-order valence-electron chi connectivity index (χ0n) is 27.2. The molecule has 1 aliphatic rings. The smallest absolute Gasteiger partial charge is 0.290 e. The number of rotatable bonds is 11. The molecule has 5 aromatic rings. The number of carbonyl (C=O) groups excluding carboxylic acids is 1. The van der Waals surface area contributed by atoms with E-state index in [1.807, 2.05) is 0 Å². The first-order valence-corrected chi connectivity index (χ1v) is 17.6. The Labute approximate surface area is 292 Å². The number of pyridine rings is 1. The number of benzene rings is 2. The molecule has 18 heteroatoms. The van der Waals surface area contributed by atoms with Crippen LogP contribution in [0, 0.1) is 18.6 Å². The zero-order chi connectivity index (χ0) is 37.0. The van der Waals surface area contributed by atoms with E-state index >= 15 is 0 Å². The number of anilines is 1. The fraction of sp³-hybridized carbons (Fsp3) is 0.333. The van der Waals surface area contributed by atoms with Crippen LogP contribution in [0.2, 0.25) is 5.02 Å². The molecule has 0 aliphatic heterocycles. The summed E-state index contributed by atoms with van der Waals surface area (Å²) in [4.78, 5) is 18.3. The monoisotopic (exact) mass is 753 g/mol. The van der Waals surface area contributed by atoms with Crippen LogP contribution in [-0.2, 0) is 47.2 Å². The minimum absolute atomic E-state index is 0.0327. The highest BCUT2D eigenvalue weighted by Gasteiger charge is 2.46. The maximum Gasteiger partial charge on any atom is 0.290 e. The Hall–Kier alpha value is -4.64. The number of hydrogen-bond acceptors (Lipinski definition) is 6. The topological polar surface area (TPSA) is 124 Å². The van der Waals surface area contributed by atoms with Crippen LogP contribution in [0.5, 0.6) is 0 Å². The van der Waals surface area contributed by atoms with E-state index in [0.717, 1.165) is 12.1 Å². The first-order chi connectivity index (χ1) is 24.0. The van der Waals surface area contributed by atoms with Gasteiger partial charge in [-0.15, -0.1) is 0 Å². The Morgan fingerprint density at radius 1 is 1.04 bits per heavy atom. The number of nitrogens with one attached hydrogen (secondary N) is 2. The van der Waals surface area contributed by atoms with Crippen molar-refractivity contribution in [2.75, 3.05) is 10.5 Å². The number of aryl methyl sites for hydroxylation is 2. The second-order valence-corrected chi connectivity index (χ2v) is 14.6. The molecule has 0 radical (unpaired) electrons. The van der Waals surface area contributed by atoms with Crippen molar-refractivity contribution in [2.45, 2.75) is 58.0 Å². The zero-order valence-corrected chi connectivity index (χ0v) is 28.8. The van der Waals surface area contributed by atoms with Gasteiger partial charge in [0.1, 0.15) is 29.6 Å². The van der Waals surface area contributed by atoms with Gasteiger partial charge in [0.15, 0.2) is 5.82 Å². The first-order valence-electron chi connectivity index (χ1n) is 15.6. The van der Waals surface area contributed by atoms with Crippen molar-refractivity contribution in [2.24, 2.45) is 7.05 Å². The van der Waals surface area contributed by atoms with Crippen molar-refractivity contribution < 1.29 is 39.6 Å². The number of amides is 1. The van der Waals surface area contributed by atoms with Gasteiger partial charge in [0.05, 0.1) is 33.4 Å². The highest BCUT2D eigenvalue weighted by atomic mass is 35.5. The number of hydrogen-bond donors (Lipinski definition) is 2. The third kappa shape index (κ3) is 7.13. The Bertz CT molecular complexity index is 2270. The lowest BCUT2D eigenvalue weighted by Crippen LogP contribution is -2.35. The molecule has 3 aromatic heterocycles. The lowest BCUT2D eigenvalue weighted by Gasteiger charge is -2.23. The van der Waals surface area contributed by atoms with Crippen LogP contribution in [0.4, 0.5) is 32.2 Å². The summed E-state index contributed by atoms with van der Waals surface area (Å²) in [5.41, 5.74) is 0.0482. The van der Waals surface area contributed by atoms with Crippen molar-refractivity contribution in [3.8, 4) is 11.1 Å². The van der Waals surface area contributed by atoms with Crippen molar-refractivity contribution in [1.29, 1.82) is 0 Å². The molecule has 51 heavy (non-hydrogen) atoms. The molecule has 270 valence electrons. The molecule has 0 fully saturated rings. The Kier molecular flexibility index (Phi) is 9.56. The molecule has 6 rings (SSSR count). The van der Waals surface area contributed by atoms with Gasteiger partial charge < -0.3 is 5.32 Å². The van der Waals surface area contributed by atoms with Gasteiger partial charge in [-0.05, 0) is 56.5 Å². The van der Waals surface area contributed by atoms with Gasteiger partial charge in [0.25, 0.3) is 12.3 Å². The average molecular weight is 754 g/mol. The van der Waals surface area contributed by atoms with Crippen LogP contribution in [-0.4, -0.2) is 44.6 Å². The summed E-state index contributed by atoms with van der Waals surface area (Å²) >= 11 is 6.56. The average Bonchev–Trinajstić information content (AvgIpc) is 3.68. The molecule has 1 amide bonds. The lowest BCUT2D eigenvalue weighted by molar-refractivity contribution is -0.122. The van der Waals surface area contributed by atoms with E-state index in [0.29, 0.717) is 33.1 Å². The Balaban J connectivity index is 1.47. The number of aromatic nitrogens is 5. The van der Waals surface area contributed by atoms with Gasteiger partial charge >= 0.3 is 0 Å². The molecular formula is C33H30ClF6N7O3S. The summed E-state index contributed by atoms with van der Waals surface area (Å²) < 4.78 is 115. The highest BCUT2D eigenvalue weighted by Crippen LogP contribution is 2.45. The molecule has 0 spiro atoms. The molecule has 0 saturated carbocycles. The van der Waals surface area contributed by atoms with Crippen LogP contribution >= 0.6 is 11.6 Å². The second-order valence-electron chi connectivity index (χ2n) is 12.2. The summed E-state index contributed by atoms with van der Waals surface area (Å²) in [6, 6.07) is 8.09. The minimum Gasteiger partial charge on any atom is -0.346 e. The maximum absolute atomic E-state index is 14.8. The van der Waals surface area contributed by atoms with E-state index in [1.165, 1.54) is 17.7 Å². The van der Waals surface area contributed by atoms with Crippen molar-refractivity contribution in [3.05, 3.63) is 93.0 Å². The van der Waals surface area contributed by atoms with E-state index in [1.54, 1.807) is 32.2 Å². The van der Waals surface area contributed by atoms with Gasteiger partial charge in [-0.1, -0.05) is 23.7 Å². The number of halogens is 7. The van der Waals surface area contributed by atoms with E-state index in [4.69, 9.17) is 11.6 Å². The van der Waals surface area contributed by atoms with Crippen molar-refractivity contribution >= 4 is 44.3 Å². The standard InChI is InChI=1S/C33H30ClF6N7O3S/c1-4-51(49,50)45-32-26-23(34)8-7-21(29(26)46(3)44-32)20-6-5-16(2)41-27(20)24(13-17-11-18(35)14-19(36)12-17)42-25(48)15-47-30-22(9-10-33(30,39)40)28(43-47)31(37)38/h5-8,11-12,14,24,31H,4,9-10,13,15H2,1-3H3,(H,42,48)(H,44,45)/t24-/m0/s1. The van der Waals surface area contributed by atoms with Crippen LogP contribution in [0.25, 0.3) is 22.0 Å². The highest BCUT2D eigenvalue weighted by molar-refractivity contribution is 7.92. The summed E-state index contributed by atoms with van der Waals surface area (Å²) in [6.07, 6.45) is -4.44. The molecule has 0 saturated heterocycles. The predicted molar refractivity (Wildman–Crippen MR) is 177 cm³/mol. The molecule has 2 N–H and O–H groups in total. The number of fused-ring (bicyclic) bond motifs is 2. The Morgan fingerprint density at radius 3 is 2.39 bits per heavy atom. The fourth-order valence-electron chi connectivity index (χ4n) is 6.38. The van der Waals surface area contributed by atoms with Crippen molar-refractivity contribution in [3.63, 3.8) is 0 Å². The quantitative estimate of drug-likeness (QED) is 0.141. The third-order valence-corrected chi connectivity index (χ3v) is 10.1. The number of carbonyl (C=O) groups is 1. The van der Waals surface area contributed by atoms with E-state index in [-0.39, 0.29) is 51.6 Å². The van der Waals surface area contributed by atoms with Gasteiger partial charge in [-0.3, -0.25) is 23.9 Å². The predicted octanol–water partition coefficient (Wildman–Crippen LogP) is 6.91. The minimum atomic E-state index is -3.77. The maximum atomic E-state index is 14.8. The summed E-state index contributed by atoms with van der Waals surface area (Å²) in [5, 5.41) is 11.1. The van der Waals surface area contributed by atoms with Gasteiger partial charge in [-0.25, -0.2) is 26.0 Å². The Morgan fingerprint density at radius 2 is 1.73 bits per heavy atom. The summed E-state index contributed by atoms with van der Waals surface area (Å²) in [5.74, 6) is -6.46. The molecule has 1 aliphatic carbocycles. The third-order valence-electron chi connectivity index (χ3n) is 8.57. The van der Waals surface area contributed by atoms with E-state index in [2.05, 4.69) is 25.2 Å². The van der Waals surface area contributed by atoms with E-state index in [9.17, 15) is 39.6 Å². The largest absolute Gasteiger partial charge is 0.346 e. The van der Waals surface area contributed by atoms with Crippen molar-refractivity contribution in [1.82, 2.24) is 29.9 Å². The van der Waals surface area contributed by atoms with Gasteiger partial charge in [-0.2, -0.15) is 19.0 Å². The first kappa shape index (κ1) is 36.2. The number of nitrogens with zero attached hydrogens (tertiary/aromatic N) is 5. The molecule has 0 bridgehead atoms. The van der Waals surface area contributed by atoms with Gasteiger partial charge in [0, 0.05) is 41.9 Å². The van der Waals surface area contributed by atoms with Crippen LogP contribution < -0.4 is 10.0 Å². The fourth-order valence-corrected chi connectivity index (χ4v) is 7.20. The number of sulfonamides is 1. The van der Waals surface area contributed by atoms with E-state index < -0.39 is 70.3 Å². The van der Waals surface area contributed by atoms with Crippen LogP contribution in [0.3, 0.4) is 0 Å². The SMILES string of the molecule is CCS(=O)(=O)Nc1nn(C)c2c(-c3ccc(C)nc3[C@H](Cc3cc(F)cc(F)c3)NC(=O)Cn3nc(C(F)F)c4c3C(F)(F)CC4)ccc(Cl)c12. The molecule has 3 heterocycles. The molecule has 0 unspecified atom stereocenters. The normalized spacial score (nSPS) is 14.6. The van der Waals surface area contributed by atoms with Crippen LogP contribution in [0.1, 0.15) is 59.7 Å². The molecule has 10 nitrogen and oxygen atoms in total. The molecule has 1 atom stereocenters. The summed E-state index contributed by atoms with van der Waals surface area (Å²) in [7, 11) is -2.21. The second kappa shape index (κ2) is 13.5. The summed E-state index contributed by atoms with van der Waals surface area (Å²) in [6.45, 7) is 2.24. The lowest BCUT2D eigenvalue weighted by atomic mass is 9.93.